The summed E-state index contributed by atoms with van der Waals surface area (Å²) in [5, 5.41) is 6.41. The Bertz CT molecular complexity index is 725. The molecule has 114 valence electrons. The summed E-state index contributed by atoms with van der Waals surface area (Å²) in [5.74, 6) is 0.623. The Morgan fingerprint density at radius 1 is 1.38 bits per heavy atom. The van der Waals surface area contributed by atoms with Gasteiger partial charge in [-0.3, -0.25) is 5.10 Å². The number of aromatic amines is 1. The molecule has 8 heteroatoms. The van der Waals surface area contributed by atoms with Gasteiger partial charge in [0.15, 0.2) is 5.03 Å². The fraction of sp³-hybridized carbons (Fsp3) is 0.308. The standard InChI is InChI=1S/C13H18N4O3S/c1-9-11(7-14)13(17-16-9)21(18,19)15-8-10-5-3-4-6-12(10)20-2/h3-6,15H,7-8,14H2,1-2H3,(H,16,17). The zero-order chi connectivity index (χ0) is 15.5. The third kappa shape index (κ3) is 3.23. The van der Waals surface area contributed by atoms with Gasteiger partial charge in [-0.2, -0.15) is 5.10 Å². The van der Waals surface area contributed by atoms with Crippen molar-refractivity contribution in [3.05, 3.63) is 41.1 Å². The second-order valence-corrected chi connectivity index (χ2v) is 6.16. The molecule has 0 radical (unpaired) electrons. The molecule has 1 aromatic carbocycles. The maximum atomic E-state index is 12.3. The molecule has 0 atom stereocenters. The highest BCUT2D eigenvalue weighted by atomic mass is 32.2. The number of sulfonamides is 1. The van der Waals surface area contributed by atoms with Crippen molar-refractivity contribution in [2.75, 3.05) is 7.11 Å². The van der Waals surface area contributed by atoms with Crippen LogP contribution < -0.4 is 15.2 Å². The van der Waals surface area contributed by atoms with E-state index in [1.54, 1.807) is 19.1 Å². The zero-order valence-corrected chi connectivity index (χ0v) is 12.7. The third-order valence-electron chi connectivity index (χ3n) is 3.14. The highest BCUT2D eigenvalue weighted by Gasteiger charge is 2.23. The van der Waals surface area contributed by atoms with Crippen LogP contribution in [-0.2, 0) is 23.1 Å². The lowest BCUT2D eigenvalue weighted by Crippen LogP contribution is -2.25. The molecular formula is C13H18N4O3S. The number of nitrogens with two attached hydrogens (primary N) is 1. The number of para-hydroxylation sites is 1. The van der Waals surface area contributed by atoms with E-state index in [0.29, 0.717) is 17.0 Å². The van der Waals surface area contributed by atoms with Crippen molar-refractivity contribution in [1.29, 1.82) is 0 Å². The summed E-state index contributed by atoms with van der Waals surface area (Å²) in [7, 11) is -2.19. The number of aryl methyl sites for hydroxylation is 1. The van der Waals surface area contributed by atoms with Crippen LogP contribution in [0.2, 0.25) is 0 Å². The first-order chi connectivity index (χ1) is 9.99. The third-order valence-corrected chi connectivity index (χ3v) is 4.51. The molecule has 0 saturated carbocycles. The summed E-state index contributed by atoms with van der Waals surface area (Å²) in [4.78, 5) is 0. The van der Waals surface area contributed by atoms with Crippen molar-refractivity contribution in [2.45, 2.75) is 25.0 Å². The number of nitrogens with one attached hydrogen (secondary N) is 2. The lowest BCUT2D eigenvalue weighted by molar-refractivity contribution is 0.409. The number of rotatable bonds is 6. The molecule has 0 bridgehead atoms. The molecule has 4 N–H and O–H groups in total. The summed E-state index contributed by atoms with van der Waals surface area (Å²) >= 11 is 0. The topological polar surface area (TPSA) is 110 Å². The predicted molar refractivity (Wildman–Crippen MR) is 78.2 cm³/mol. The molecule has 0 unspecified atom stereocenters. The van der Waals surface area contributed by atoms with Crippen molar-refractivity contribution < 1.29 is 13.2 Å². The van der Waals surface area contributed by atoms with Gasteiger partial charge in [0.25, 0.3) is 10.0 Å². The highest BCUT2D eigenvalue weighted by Crippen LogP contribution is 2.19. The van der Waals surface area contributed by atoms with Crippen LogP contribution in [0.5, 0.6) is 5.75 Å². The van der Waals surface area contributed by atoms with Gasteiger partial charge in [0, 0.05) is 29.9 Å². The Morgan fingerprint density at radius 2 is 2.10 bits per heavy atom. The molecule has 0 aliphatic heterocycles. The minimum atomic E-state index is -3.73. The Balaban J connectivity index is 2.22. The molecule has 0 saturated heterocycles. The zero-order valence-electron chi connectivity index (χ0n) is 11.9. The molecule has 1 heterocycles. The number of hydrogen-bond acceptors (Lipinski definition) is 5. The molecule has 21 heavy (non-hydrogen) atoms. The smallest absolute Gasteiger partial charge is 0.260 e. The van der Waals surface area contributed by atoms with Gasteiger partial charge in [-0.15, -0.1) is 0 Å². The number of benzene rings is 1. The van der Waals surface area contributed by atoms with Crippen LogP contribution >= 0.6 is 0 Å². The summed E-state index contributed by atoms with van der Waals surface area (Å²) in [6, 6.07) is 7.20. The Kier molecular flexibility index (Phi) is 4.61. The van der Waals surface area contributed by atoms with Gasteiger partial charge in [-0.25, -0.2) is 13.1 Å². The van der Waals surface area contributed by atoms with E-state index in [1.165, 1.54) is 7.11 Å². The first kappa shape index (κ1) is 15.5. The van der Waals surface area contributed by atoms with Crippen LogP contribution in [-0.4, -0.2) is 25.7 Å². The Morgan fingerprint density at radius 3 is 2.76 bits per heavy atom. The molecule has 0 amide bonds. The fourth-order valence-corrected chi connectivity index (χ4v) is 3.19. The van der Waals surface area contributed by atoms with Crippen molar-refractivity contribution in [1.82, 2.24) is 14.9 Å². The number of hydrogen-bond donors (Lipinski definition) is 3. The van der Waals surface area contributed by atoms with Gasteiger partial charge in [0.05, 0.1) is 7.11 Å². The maximum absolute atomic E-state index is 12.3. The summed E-state index contributed by atoms with van der Waals surface area (Å²) in [5.41, 5.74) is 7.45. The number of nitrogens with zero attached hydrogens (tertiary/aromatic N) is 1. The van der Waals surface area contributed by atoms with Gasteiger partial charge in [0.1, 0.15) is 5.75 Å². The first-order valence-electron chi connectivity index (χ1n) is 6.35. The summed E-state index contributed by atoms with van der Waals surface area (Å²) in [6.07, 6.45) is 0. The van der Waals surface area contributed by atoms with Crippen molar-refractivity contribution in [2.24, 2.45) is 5.73 Å². The molecule has 0 fully saturated rings. The van der Waals surface area contributed by atoms with Crippen molar-refractivity contribution in [3.8, 4) is 5.75 Å². The van der Waals surface area contributed by atoms with Crippen LogP contribution in [0.4, 0.5) is 0 Å². The average Bonchev–Trinajstić information content (AvgIpc) is 2.87. The fourth-order valence-electron chi connectivity index (χ4n) is 1.98. The van der Waals surface area contributed by atoms with Crippen LogP contribution in [0.1, 0.15) is 16.8 Å². The quantitative estimate of drug-likeness (QED) is 0.726. The number of ether oxygens (including phenoxy) is 1. The number of aromatic nitrogens is 2. The van der Waals surface area contributed by atoms with E-state index < -0.39 is 10.0 Å². The normalized spacial score (nSPS) is 11.6. The monoisotopic (exact) mass is 310 g/mol. The predicted octanol–water partition coefficient (Wildman–Crippen LogP) is 0.664. The molecule has 0 aliphatic rings. The lowest BCUT2D eigenvalue weighted by Gasteiger charge is -2.09. The lowest BCUT2D eigenvalue weighted by atomic mass is 10.2. The Hall–Kier alpha value is -1.90. The minimum absolute atomic E-state index is 0.0580. The van der Waals surface area contributed by atoms with Gasteiger partial charge in [-0.05, 0) is 13.0 Å². The maximum Gasteiger partial charge on any atom is 0.260 e. The van der Waals surface area contributed by atoms with Gasteiger partial charge in [-0.1, -0.05) is 18.2 Å². The molecule has 2 aromatic rings. The minimum Gasteiger partial charge on any atom is -0.496 e. The van der Waals surface area contributed by atoms with E-state index in [4.69, 9.17) is 10.5 Å². The first-order valence-corrected chi connectivity index (χ1v) is 7.83. The van der Waals surface area contributed by atoms with E-state index in [-0.39, 0.29) is 18.1 Å². The van der Waals surface area contributed by atoms with Crippen LogP contribution in [0.15, 0.2) is 29.3 Å². The second-order valence-electron chi connectivity index (χ2n) is 4.47. The summed E-state index contributed by atoms with van der Waals surface area (Å²) in [6.45, 7) is 1.95. The molecule has 7 nitrogen and oxygen atoms in total. The van der Waals surface area contributed by atoms with Crippen molar-refractivity contribution in [3.63, 3.8) is 0 Å². The average molecular weight is 310 g/mol. The number of methoxy groups -OCH3 is 1. The van der Waals surface area contributed by atoms with Crippen LogP contribution in [0.25, 0.3) is 0 Å². The Labute approximate surface area is 123 Å². The molecule has 0 aliphatic carbocycles. The van der Waals surface area contributed by atoms with Gasteiger partial charge in [0.2, 0.25) is 0 Å². The van der Waals surface area contributed by atoms with Gasteiger partial charge < -0.3 is 10.5 Å². The van der Waals surface area contributed by atoms with E-state index in [9.17, 15) is 8.42 Å². The second kappa shape index (κ2) is 6.25. The molecule has 2 rings (SSSR count). The van der Waals surface area contributed by atoms with E-state index >= 15 is 0 Å². The molecule has 0 spiro atoms. The van der Waals surface area contributed by atoms with Gasteiger partial charge >= 0.3 is 0 Å². The highest BCUT2D eigenvalue weighted by molar-refractivity contribution is 7.89. The SMILES string of the molecule is COc1ccccc1CNS(=O)(=O)c1n[nH]c(C)c1CN. The van der Waals surface area contributed by atoms with E-state index in [1.807, 2.05) is 12.1 Å². The van der Waals surface area contributed by atoms with Crippen LogP contribution in [0, 0.1) is 6.92 Å². The van der Waals surface area contributed by atoms with E-state index in [2.05, 4.69) is 14.9 Å². The molecular weight excluding hydrogens is 292 g/mol. The molecule has 1 aromatic heterocycles. The van der Waals surface area contributed by atoms with E-state index in [0.717, 1.165) is 5.56 Å². The van der Waals surface area contributed by atoms with Crippen LogP contribution in [0.3, 0.4) is 0 Å². The summed E-state index contributed by atoms with van der Waals surface area (Å²) < 4.78 is 32.3. The van der Waals surface area contributed by atoms with Crippen molar-refractivity contribution >= 4 is 10.0 Å². The largest absolute Gasteiger partial charge is 0.496 e. The number of H-pyrrole nitrogens is 1.